The lowest BCUT2D eigenvalue weighted by Gasteiger charge is -2.38. The van der Waals surface area contributed by atoms with Crippen molar-refractivity contribution in [3.63, 3.8) is 0 Å². The van der Waals surface area contributed by atoms with Gasteiger partial charge in [0, 0.05) is 24.6 Å². The Morgan fingerprint density at radius 1 is 0.893 bits per heavy atom. The molecule has 2 aromatic carbocycles. The minimum absolute atomic E-state index is 0.223. The Morgan fingerprint density at radius 2 is 1.64 bits per heavy atom. The van der Waals surface area contributed by atoms with E-state index in [2.05, 4.69) is 34.1 Å². The number of amides is 1. The maximum absolute atomic E-state index is 13.7. The number of fused-ring (bicyclic) bond motifs is 2. The van der Waals surface area contributed by atoms with Crippen molar-refractivity contribution < 1.29 is 4.79 Å². The van der Waals surface area contributed by atoms with Crippen LogP contribution in [-0.2, 0) is 16.8 Å². The number of likely N-dealkylation sites (tertiary alicyclic amines) is 1. The van der Waals surface area contributed by atoms with Crippen LogP contribution in [0.3, 0.4) is 0 Å². The zero-order valence-electron chi connectivity index (χ0n) is 15.8. The second-order valence-electron chi connectivity index (χ2n) is 7.71. The zero-order chi connectivity index (χ0) is 19.0. The summed E-state index contributed by atoms with van der Waals surface area (Å²) in [4.78, 5) is 22.3. The Bertz CT molecular complexity index is 979. The van der Waals surface area contributed by atoms with E-state index in [1.165, 1.54) is 11.1 Å². The van der Waals surface area contributed by atoms with Crippen molar-refractivity contribution in [3.8, 4) is 0 Å². The summed E-state index contributed by atoms with van der Waals surface area (Å²) in [6.45, 7) is 2.72. The molecule has 1 spiro atoms. The Labute approximate surface area is 165 Å². The molecule has 1 fully saturated rings. The highest BCUT2D eigenvalue weighted by Crippen LogP contribution is 2.50. The van der Waals surface area contributed by atoms with Gasteiger partial charge in [-0.3, -0.25) is 19.6 Å². The number of carbonyl (C=O) groups is 1. The number of pyridine rings is 1. The molecule has 0 saturated carbocycles. The molecular formula is C24H23N3O. The molecule has 3 heterocycles. The van der Waals surface area contributed by atoms with Gasteiger partial charge in [0.1, 0.15) is 0 Å². The lowest BCUT2D eigenvalue weighted by molar-refractivity contribution is -0.124. The fourth-order valence-electron chi connectivity index (χ4n) is 4.67. The first-order chi connectivity index (χ1) is 13.8. The van der Waals surface area contributed by atoms with Crippen molar-refractivity contribution in [2.75, 3.05) is 18.0 Å². The number of para-hydroxylation sites is 2. The van der Waals surface area contributed by atoms with E-state index < -0.39 is 5.41 Å². The fraction of sp³-hybridized carbons (Fsp3) is 0.250. The lowest BCUT2D eigenvalue weighted by Crippen LogP contribution is -2.47. The monoisotopic (exact) mass is 369 g/mol. The summed E-state index contributed by atoms with van der Waals surface area (Å²) in [6, 6.07) is 22.4. The summed E-state index contributed by atoms with van der Waals surface area (Å²) >= 11 is 0. The van der Waals surface area contributed by atoms with Gasteiger partial charge in [0.15, 0.2) is 0 Å². The number of piperidine rings is 1. The molecule has 1 aromatic heterocycles. The molecule has 28 heavy (non-hydrogen) atoms. The van der Waals surface area contributed by atoms with Crippen LogP contribution in [0.2, 0.25) is 0 Å². The lowest BCUT2D eigenvalue weighted by atomic mass is 9.73. The molecule has 4 heteroatoms. The Kier molecular flexibility index (Phi) is 4.21. The Balaban J connectivity index is 1.43. The number of hydrogen-bond acceptors (Lipinski definition) is 3. The molecule has 0 bridgehead atoms. The molecule has 1 saturated heterocycles. The van der Waals surface area contributed by atoms with Crippen LogP contribution in [0.1, 0.15) is 24.0 Å². The first-order valence-corrected chi connectivity index (χ1v) is 9.88. The summed E-state index contributed by atoms with van der Waals surface area (Å²) in [5.74, 6) is 0.223. The van der Waals surface area contributed by atoms with Gasteiger partial charge in [-0.05, 0) is 61.3 Å². The first kappa shape index (κ1) is 17.1. The van der Waals surface area contributed by atoms with Gasteiger partial charge in [-0.25, -0.2) is 0 Å². The topological polar surface area (TPSA) is 36.4 Å². The number of rotatable bonds is 3. The van der Waals surface area contributed by atoms with Gasteiger partial charge < -0.3 is 0 Å². The summed E-state index contributed by atoms with van der Waals surface area (Å²) in [6.07, 6.45) is 5.44. The van der Waals surface area contributed by atoms with Crippen LogP contribution in [0.25, 0.3) is 0 Å². The van der Waals surface area contributed by atoms with Crippen molar-refractivity contribution in [2.24, 2.45) is 0 Å². The van der Waals surface area contributed by atoms with Gasteiger partial charge in [-0.1, -0.05) is 42.5 Å². The molecule has 1 amide bonds. The van der Waals surface area contributed by atoms with Crippen LogP contribution >= 0.6 is 0 Å². The van der Waals surface area contributed by atoms with Crippen LogP contribution in [0.15, 0.2) is 79.1 Å². The van der Waals surface area contributed by atoms with E-state index in [0.29, 0.717) is 0 Å². The van der Waals surface area contributed by atoms with E-state index >= 15 is 0 Å². The summed E-state index contributed by atoms with van der Waals surface area (Å²) in [7, 11) is 0. The molecule has 4 nitrogen and oxygen atoms in total. The highest BCUT2D eigenvalue weighted by Gasteiger charge is 2.52. The summed E-state index contributed by atoms with van der Waals surface area (Å²) < 4.78 is 0. The third-order valence-electron chi connectivity index (χ3n) is 6.13. The molecule has 0 radical (unpaired) electrons. The molecule has 2 aliphatic heterocycles. The van der Waals surface area contributed by atoms with E-state index in [1.54, 1.807) is 6.20 Å². The van der Waals surface area contributed by atoms with E-state index in [1.807, 2.05) is 53.6 Å². The first-order valence-electron chi connectivity index (χ1n) is 9.88. The van der Waals surface area contributed by atoms with Crippen LogP contribution in [0.4, 0.5) is 11.4 Å². The average molecular weight is 369 g/mol. The van der Waals surface area contributed by atoms with Crippen molar-refractivity contribution in [1.29, 1.82) is 0 Å². The molecule has 140 valence electrons. The number of benzene rings is 2. The van der Waals surface area contributed by atoms with Gasteiger partial charge >= 0.3 is 0 Å². The van der Waals surface area contributed by atoms with Crippen molar-refractivity contribution in [2.45, 2.75) is 24.8 Å². The number of aromatic nitrogens is 1. The van der Waals surface area contributed by atoms with E-state index in [4.69, 9.17) is 0 Å². The maximum atomic E-state index is 13.7. The molecule has 0 unspecified atom stereocenters. The van der Waals surface area contributed by atoms with Gasteiger partial charge in [0.25, 0.3) is 0 Å². The highest BCUT2D eigenvalue weighted by molar-refractivity contribution is 6.13. The number of hydrogen-bond donors (Lipinski definition) is 0. The van der Waals surface area contributed by atoms with Gasteiger partial charge in [0.05, 0.1) is 11.1 Å². The van der Waals surface area contributed by atoms with Crippen molar-refractivity contribution in [1.82, 2.24) is 9.88 Å². The van der Waals surface area contributed by atoms with Crippen LogP contribution in [0, 0.1) is 0 Å². The maximum Gasteiger partial charge on any atom is 0.242 e. The second kappa shape index (κ2) is 6.88. The van der Waals surface area contributed by atoms with Crippen LogP contribution in [-0.4, -0.2) is 28.9 Å². The average Bonchev–Trinajstić information content (AvgIpc) is 2.99. The minimum atomic E-state index is -0.405. The highest BCUT2D eigenvalue weighted by atomic mass is 16.2. The zero-order valence-corrected chi connectivity index (χ0v) is 15.8. The van der Waals surface area contributed by atoms with Crippen molar-refractivity contribution >= 4 is 17.3 Å². The molecule has 2 aliphatic rings. The molecule has 3 aromatic rings. The minimum Gasteiger partial charge on any atom is -0.299 e. The smallest absolute Gasteiger partial charge is 0.242 e. The number of carbonyl (C=O) groups excluding carboxylic acids is 1. The summed E-state index contributed by atoms with van der Waals surface area (Å²) in [5.41, 5.74) is 4.00. The van der Waals surface area contributed by atoms with E-state index in [9.17, 15) is 4.79 Å². The largest absolute Gasteiger partial charge is 0.299 e. The predicted molar refractivity (Wildman–Crippen MR) is 110 cm³/mol. The van der Waals surface area contributed by atoms with Crippen molar-refractivity contribution in [3.05, 3.63) is 90.3 Å². The fourth-order valence-corrected chi connectivity index (χ4v) is 4.67. The SMILES string of the molecule is O=C1N(c2ccccc2)c2ccccc2C12CCN(Cc1cccnc1)CC2. The number of anilines is 2. The quantitative estimate of drug-likeness (QED) is 0.691. The third-order valence-corrected chi connectivity index (χ3v) is 6.13. The molecule has 5 rings (SSSR count). The second-order valence-corrected chi connectivity index (χ2v) is 7.71. The van der Waals surface area contributed by atoms with E-state index in [0.717, 1.165) is 43.9 Å². The van der Waals surface area contributed by atoms with Crippen LogP contribution < -0.4 is 4.90 Å². The Hall–Kier alpha value is -2.98. The normalized spacial score (nSPS) is 18.4. The number of nitrogens with zero attached hydrogens (tertiary/aromatic N) is 3. The molecule has 0 aliphatic carbocycles. The third kappa shape index (κ3) is 2.72. The molecule has 0 atom stereocenters. The Morgan fingerprint density at radius 3 is 2.39 bits per heavy atom. The van der Waals surface area contributed by atoms with Gasteiger partial charge in [-0.15, -0.1) is 0 Å². The van der Waals surface area contributed by atoms with Gasteiger partial charge in [-0.2, -0.15) is 0 Å². The van der Waals surface area contributed by atoms with Crippen LogP contribution in [0.5, 0.6) is 0 Å². The van der Waals surface area contributed by atoms with E-state index in [-0.39, 0.29) is 5.91 Å². The standard InChI is InChI=1S/C24H23N3O/c28-23-24(12-15-26(16-13-24)18-19-7-6-14-25-17-19)21-10-4-5-11-22(21)27(23)20-8-2-1-3-9-20/h1-11,14,17H,12-13,15-16,18H2. The summed E-state index contributed by atoms with van der Waals surface area (Å²) in [5, 5.41) is 0. The molecular weight excluding hydrogens is 346 g/mol. The molecule has 0 N–H and O–H groups in total. The predicted octanol–water partition coefficient (Wildman–Crippen LogP) is 4.29. The van der Waals surface area contributed by atoms with Gasteiger partial charge in [0.2, 0.25) is 5.91 Å².